The number of carbonyl (C=O) groups is 2. The van der Waals surface area contributed by atoms with Crippen molar-refractivity contribution in [1.82, 2.24) is 5.32 Å². The summed E-state index contributed by atoms with van der Waals surface area (Å²) in [5, 5.41) is 2.83. The second kappa shape index (κ2) is 6.39. The fraction of sp³-hybridized carbons (Fsp3) is 0.467. The highest BCUT2D eigenvalue weighted by Gasteiger charge is 2.31. The van der Waals surface area contributed by atoms with E-state index in [4.69, 9.17) is 0 Å². The van der Waals surface area contributed by atoms with Crippen LogP contribution in [0.1, 0.15) is 26.7 Å². The highest BCUT2D eigenvalue weighted by molar-refractivity contribution is 9.10. The maximum atomic E-state index is 12.6. The number of hydrogen-bond donors (Lipinski definition) is 1. The summed E-state index contributed by atoms with van der Waals surface area (Å²) in [4.78, 5) is 26.1. The first-order valence-corrected chi connectivity index (χ1v) is 7.63. The molecule has 108 valence electrons. The molecule has 1 aromatic carbocycles. The average Bonchev–Trinajstić information content (AvgIpc) is 2.49. The van der Waals surface area contributed by atoms with Crippen LogP contribution in [0.3, 0.4) is 0 Å². The van der Waals surface area contributed by atoms with Crippen LogP contribution in [0.15, 0.2) is 28.7 Å². The number of carbonyl (C=O) groups excluding carboxylic acids is 2. The third kappa shape index (κ3) is 3.60. The zero-order chi connectivity index (χ0) is 14.7. The van der Waals surface area contributed by atoms with Crippen LogP contribution in [0, 0.1) is 5.92 Å². The van der Waals surface area contributed by atoms with E-state index in [2.05, 4.69) is 21.2 Å². The molecule has 20 heavy (non-hydrogen) atoms. The van der Waals surface area contributed by atoms with Crippen LogP contribution >= 0.6 is 15.9 Å². The number of benzene rings is 1. The zero-order valence-corrected chi connectivity index (χ0v) is 13.3. The van der Waals surface area contributed by atoms with Gasteiger partial charge in [0.05, 0.1) is 0 Å². The minimum atomic E-state index is -0.427. The van der Waals surface area contributed by atoms with Gasteiger partial charge in [0.1, 0.15) is 6.04 Å². The monoisotopic (exact) mass is 338 g/mol. The molecule has 1 heterocycles. The standard InChI is InChI=1S/C15H19BrN2O2/c1-10(2)8-13-15(20)18(7-6-14(19)17-13)12-5-3-4-11(16)9-12/h3-5,9-10,13H,6-8H2,1-2H3,(H,17,19). The summed E-state index contributed by atoms with van der Waals surface area (Å²) in [7, 11) is 0. The van der Waals surface area contributed by atoms with Crippen molar-refractivity contribution in [2.45, 2.75) is 32.7 Å². The first-order chi connectivity index (χ1) is 9.47. The fourth-order valence-corrected chi connectivity index (χ4v) is 2.76. The summed E-state index contributed by atoms with van der Waals surface area (Å²) in [5.74, 6) is 0.274. The van der Waals surface area contributed by atoms with E-state index >= 15 is 0 Å². The molecule has 0 saturated carbocycles. The van der Waals surface area contributed by atoms with E-state index < -0.39 is 6.04 Å². The summed E-state index contributed by atoms with van der Waals surface area (Å²) in [6, 6.07) is 7.18. The quantitative estimate of drug-likeness (QED) is 0.921. The van der Waals surface area contributed by atoms with Gasteiger partial charge in [-0.05, 0) is 30.5 Å². The van der Waals surface area contributed by atoms with Crippen molar-refractivity contribution in [1.29, 1.82) is 0 Å². The lowest BCUT2D eigenvalue weighted by atomic mass is 10.0. The van der Waals surface area contributed by atoms with Crippen LogP contribution in [0.2, 0.25) is 0 Å². The molecular formula is C15H19BrN2O2. The van der Waals surface area contributed by atoms with Crippen LogP contribution < -0.4 is 10.2 Å². The van der Waals surface area contributed by atoms with Gasteiger partial charge >= 0.3 is 0 Å². The van der Waals surface area contributed by atoms with Gasteiger partial charge in [-0.3, -0.25) is 9.59 Å². The molecule has 1 saturated heterocycles. The van der Waals surface area contributed by atoms with E-state index in [-0.39, 0.29) is 11.8 Å². The predicted octanol–water partition coefficient (Wildman–Crippen LogP) is 2.72. The Morgan fingerprint density at radius 3 is 2.80 bits per heavy atom. The van der Waals surface area contributed by atoms with E-state index in [1.54, 1.807) is 4.90 Å². The van der Waals surface area contributed by atoms with Gasteiger partial charge in [0.25, 0.3) is 0 Å². The minimum absolute atomic E-state index is 0.0253. The lowest BCUT2D eigenvalue weighted by Gasteiger charge is -2.25. The van der Waals surface area contributed by atoms with Crippen LogP contribution in [0.5, 0.6) is 0 Å². The number of halogens is 1. The molecule has 1 fully saturated rings. The smallest absolute Gasteiger partial charge is 0.249 e. The van der Waals surface area contributed by atoms with Gasteiger partial charge in [-0.2, -0.15) is 0 Å². The summed E-state index contributed by atoms with van der Waals surface area (Å²) >= 11 is 3.41. The Morgan fingerprint density at radius 1 is 1.40 bits per heavy atom. The van der Waals surface area contributed by atoms with Crippen molar-refractivity contribution in [2.75, 3.05) is 11.4 Å². The Morgan fingerprint density at radius 2 is 2.15 bits per heavy atom. The molecule has 0 bridgehead atoms. The molecule has 1 N–H and O–H groups in total. The average molecular weight is 339 g/mol. The van der Waals surface area contributed by atoms with Crippen LogP contribution in [-0.4, -0.2) is 24.4 Å². The first kappa shape index (κ1) is 15.0. The van der Waals surface area contributed by atoms with Crippen molar-refractivity contribution < 1.29 is 9.59 Å². The second-order valence-electron chi connectivity index (χ2n) is 5.47. The van der Waals surface area contributed by atoms with Gasteiger partial charge in [-0.15, -0.1) is 0 Å². The van der Waals surface area contributed by atoms with Crippen LogP contribution in [0.25, 0.3) is 0 Å². The normalized spacial score (nSPS) is 20.0. The van der Waals surface area contributed by atoms with Crippen LogP contribution in [0.4, 0.5) is 5.69 Å². The molecule has 1 aromatic rings. The Balaban J connectivity index is 2.27. The Labute approximate surface area is 127 Å². The van der Waals surface area contributed by atoms with E-state index in [9.17, 15) is 9.59 Å². The molecule has 0 spiro atoms. The number of hydrogen-bond acceptors (Lipinski definition) is 2. The highest BCUT2D eigenvalue weighted by atomic mass is 79.9. The maximum Gasteiger partial charge on any atom is 0.249 e. The number of nitrogens with zero attached hydrogens (tertiary/aromatic N) is 1. The van der Waals surface area contributed by atoms with Crippen LogP contribution in [-0.2, 0) is 9.59 Å². The van der Waals surface area contributed by atoms with Gasteiger partial charge in [-0.1, -0.05) is 35.8 Å². The zero-order valence-electron chi connectivity index (χ0n) is 11.7. The highest BCUT2D eigenvalue weighted by Crippen LogP contribution is 2.23. The predicted molar refractivity (Wildman–Crippen MR) is 82.5 cm³/mol. The van der Waals surface area contributed by atoms with E-state index in [0.717, 1.165) is 10.2 Å². The molecule has 1 unspecified atom stereocenters. The summed E-state index contributed by atoms with van der Waals surface area (Å²) < 4.78 is 0.923. The van der Waals surface area contributed by atoms with Crippen molar-refractivity contribution in [2.24, 2.45) is 5.92 Å². The van der Waals surface area contributed by atoms with Gasteiger partial charge < -0.3 is 10.2 Å². The van der Waals surface area contributed by atoms with Crippen molar-refractivity contribution in [3.63, 3.8) is 0 Å². The van der Waals surface area contributed by atoms with E-state index in [1.165, 1.54) is 0 Å². The van der Waals surface area contributed by atoms with Crippen molar-refractivity contribution >= 4 is 33.4 Å². The maximum absolute atomic E-state index is 12.6. The fourth-order valence-electron chi connectivity index (χ4n) is 2.37. The Hall–Kier alpha value is -1.36. The minimum Gasteiger partial charge on any atom is -0.344 e. The number of amides is 2. The molecule has 1 aliphatic heterocycles. The van der Waals surface area contributed by atoms with Crippen molar-refractivity contribution in [3.8, 4) is 0 Å². The van der Waals surface area contributed by atoms with E-state index in [0.29, 0.717) is 25.3 Å². The molecule has 1 aliphatic rings. The summed E-state index contributed by atoms with van der Waals surface area (Å²) in [6.07, 6.45) is 1.00. The molecule has 2 amide bonds. The summed E-state index contributed by atoms with van der Waals surface area (Å²) in [5.41, 5.74) is 0.828. The molecule has 0 aliphatic carbocycles. The topological polar surface area (TPSA) is 49.4 Å². The summed E-state index contributed by atoms with van der Waals surface area (Å²) in [6.45, 7) is 4.53. The second-order valence-corrected chi connectivity index (χ2v) is 6.39. The molecule has 0 radical (unpaired) electrons. The van der Waals surface area contributed by atoms with Gasteiger partial charge in [0.15, 0.2) is 0 Å². The largest absolute Gasteiger partial charge is 0.344 e. The SMILES string of the molecule is CC(C)CC1NC(=O)CCN(c2cccc(Br)c2)C1=O. The number of anilines is 1. The Kier molecular flexibility index (Phi) is 4.81. The lowest BCUT2D eigenvalue weighted by molar-refractivity contribution is -0.125. The van der Waals surface area contributed by atoms with Crippen molar-refractivity contribution in [3.05, 3.63) is 28.7 Å². The number of rotatable bonds is 3. The molecule has 2 rings (SSSR count). The lowest BCUT2D eigenvalue weighted by Crippen LogP contribution is -2.45. The van der Waals surface area contributed by atoms with E-state index in [1.807, 2.05) is 38.1 Å². The Bertz CT molecular complexity index is 516. The molecule has 0 aromatic heterocycles. The molecule has 4 nitrogen and oxygen atoms in total. The van der Waals surface area contributed by atoms with Gasteiger partial charge in [0.2, 0.25) is 11.8 Å². The third-order valence-electron chi connectivity index (χ3n) is 3.29. The molecular weight excluding hydrogens is 320 g/mol. The van der Waals surface area contributed by atoms with Gasteiger partial charge in [0, 0.05) is 23.1 Å². The molecule has 1 atom stereocenters. The first-order valence-electron chi connectivity index (χ1n) is 6.83. The molecule has 5 heteroatoms. The third-order valence-corrected chi connectivity index (χ3v) is 3.78. The van der Waals surface area contributed by atoms with Gasteiger partial charge in [-0.25, -0.2) is 0 Å². The number of nitrogens with one attached hydrogen (secondary N) is 1.